The van der Waals surface area contributed by atoms with Gasteiger partial charge in [-0.25, -0.2) is 4.79 Å². The van der Waals surface area contributed by atoms with Gasteiger partial charge in [0.05, 0.1) is 12.5 Å². The van der Waals surface area contributed by atoms with Crippen LogP contribution in [0.25, 0.3) is 11.0 Å². The molecule has 10 nitrogen and oxygen atoms in total. The second-order valence-corrected chi connectivity index (χ2v) is 11.4. The molecule has 1 aliphatic heterocycles. The molecule has 1 aromatic heterocycles. The first-order valence-corrected chi connectivity index (χ1v) is 16.0. The zero-order valence-electron chi connectivity index (χ0n) is 27.0. The first-order valence-electron chi connectivity index (χ1n) is 16.0. The van der Waals surface area contributed by atoms with E-state index in [2.05, 4.69) is 0 Å². The SMILES string of the molecule is COc1c(O)c2ccc(O[C@H]3O[C@H](COc4ccccc4)[C@@H](Oc4ccccc4)[C@H](Oc4ccccc4)[C@@H]3Oc3ccccc3)cc2oc1=O. The Kier molecular flexibility index (Phi) is 9.70. The van der Waals surface area contributed by atoms with Gasteiger partial charge in [-0.15, -0.1) is 0 Å². The summed E-state index contributed by atoms with van der Waals surface area (Å²) in [4.78, 5) is 12.5. The van der Waals surface area contributed by atoms with Gasteiger partial charge in [-0.05, 0) is 60.7 Å². The van der Waals surface area contributed by atoms with Crippen molar-refractivity contribution in [2.45, 2.75) is 30.7 Å². The van der Waals surface area contributed by atoms with Crippen LogP contribution in [0.3, 0.4) is 0 Å². The largest absolute Gasteiger partial charge is 0.504 e. The highest BCUT2D eigenvalue weighted by molar-refractivity contribution is 5.86. The van der Waals surface area contributed by atoms with Gasteiger partial charge in [-0.3, -0.25) is 0 Å². The number of hydrogen-bond donors (Lipinski definition) is 1. The number of para-hydroxylation sites is 4. The lowest BCUT2D eigenvalue weighted by molar-refractivity contribution is -0.260. The second-order valence-electron chi connectivity index (χ2n) is 11.4. The second kappa shape index (κ2) is 15.0. The molecule has 0 saturated carbocycles. The van der Waals surface area contributed by atoms with Crippen LogP contribution in [0.2, 0.25) is 0 Å². The molecule has 1 N–H and O–H groups in total. The maximum atomic E-state index is 12.5. The molecular formula is C40H34O10. The lowest BCUT2D eigenvalue weighted by Gasteiger charge is -2.45. The third kappa shape index (κ3) is 7.30. The molecule has 0 radical (unpaired) electrons. The average molecular weight is 675 g/mol. The van der Waals surface area contributed by atoms with Crippen molar-refractivity contribution in [3.63, 3.8) is 0 Å². The third-order valence-electron chi connectivity index (χ3n) is 8.06. The van der Waals surface area contributed by atoms with Gasteiger partial charge in [0.2, 0.25) is 18.1 Å². The minimum absolute atomic E-state index is 0.0777. The summed E-state index contributed by atoms with van der Waals surface area (Å²) in [6.45, 7) is 0.0777. The molecule has 0 spiro atoms. The van der Waals surface area contributed by atoms with Crippen LogP contribution in [0.1, 0.15) is 0 Å². The first-order chi connectivity index (χ1) is 24.6. The summed E-state index contributed by atoms with van der Waals surface area (Å²) in [6.07, 6.45) is -4.32. The molecule has 7 rings (SSSR count). The normalized spacial score (nSPS) is 20.1. The summed E-state index contributed by atoms with van der Waals surface area (Å²) in [7, 11) is 1.28. The van der Waals surface area contributed by atoms with Gasteiger partial charge in [-0.1, -0.05) is 72.8 Å². The van der Waals surface area contributed by atoms with E-state index in [9.17, 15) is 9.90 Å². The van der Waals surface area contributed by atoms with E-state index in [1.807, 2.05) is 121 Å². The fraction of sp³-hybridized carbons (Fsp3) is 0.175. The molecule has 10 heteroatoms. The van der Waals surface area contributed by atoms with E-state index >= 15 is 0 Å². The van der Waals surface area contributed by atoms with Crippen molar-refractivity contribution in [3.05, 3.63) is 150 Å². The minimum atomic E-state index is -1.10. The van der Waals surface area contributed by atoms with Gasteiger partial charge >= 0.3 is 5.63 Å². The molecule has 6 aromatic rings. The van der Waals surface area contributed by atoms with Gasteiger partial charge in [0.15, 0.2) is 18.0 Å². The van der Waals surface area contributed by atoms with Crippen LogP contribution in [0.5, 0.6) is 40.2 Å². The minimum Gasteiger partial charge on any atom is -0.504 e. The standard InChI is InChI=1S/C40H34O10/c1-43-36-34(41)31-23-22-30(24-32(31)49-39(36)42)48-40-38(47-29-20-12-5-13-21-29)37(46-28-18-10-4-11-19-28)35(45-27-16-8-3-9-17-27)33(50-40)25-44-26-14-6-2-7-15-26/h2-24,33,35,37-38,40-41H,25H2,1H3/t33-,35-,37+,38+,40+/m1/s1. The summed E-state index contributed by atoms with van der Waals surface area (Å²) < 4.78 is 49.9. The molecule has 50 heavy (non-hydrogen) atoms. The van der Waals surface area contributed by atoms with Crippen LogP contribution in [0.4, 0.5) is 0 Å². The third-order valence-corrected chi connectivity index (χ3v) is 8.06. The monoisotopic (exact) mass is 674 g/mol. The zero-order chi connectivity index (χ0) is 34.3. The summed E-state index contributed by atoms with van der Waals surface area (Å²) in [5.41, 5.74) is -0.738. The highest BCUT2D eigenvalue weighted by Gasteiger charge is 2.52. The van der Waals surface area contributed by atoms with E-state index in [0.29, 0.717) is 23.0 Å². The molecule has 1 aliphatic rings. The molecule has 0 aliphatic carbocycles. The summed E-state index contributed by atoms with van der Waals surface area (Å²) in [6, 6.07) is 42.1. The van der Waals surface area contributed by atoms with Crippen LogP contribution >= 0.6 is 0 Å². The van der Waals surface area contributed by atoms with Gasteiger partial charge in [0.1, 0.15) is 47.0 Å². The van der Waals surface area contributed by atoms with E-state index in [-0.39, 0.29) is 34.8 Å². The Balaban J connectivity index is 1.30. The molecule has 1 saturated heterocycles. The van der Waals surface area contributed by atoms with Gasteiger partial charge < -0.3 is 42.7 Å². The Labute approximate surface area is 287 Å². The van der Waals surface area contributed by atoms with Crippen molar-refractivity contribution in [1.82, 2.24) is 0 Å². The van der Waals surface area contributed by atoms with Gasteiger partial charge in [0, 0.05) is 6.07 Å². The van der Waals surface area contributed by atoms with Crippen molar-refractivity contribution in [2.75, 3.05) is 13.7 Å². The van der Waals surface area contributed by atoms with Crippen LogP contribution < -0.4 is 34.0 Å². The number of fused-ring (bicyclic) bond motifs is 1. The summed E-state index contributed by atoms with van der Waals surface area (Å²) in [5.74, 6) is 2.04. The van der Waals surface area contributed by atoms with E-state index in [1.165, 1.54) is 13.2 Å². The Bertz CT molecular complexity index is 2040. The highest BCUT2D eigenvalue weighted by Crippen LogP contribution is 2.36. The molecule has 0 amide bonds. The van der Waals surface area contributed by atoms with Crippen LogP contribution in [-0.4, -0.2) is 49.5 Å². The van der Waals surface area contributed by atoms with Crippen molar-refractivity contribution in [1.29, 1.82) is 0 Å². The Morgan fingerprint density at radius 2 is 1.12 bits per heavy atom. The predicted octanol–water partition coefficient (Wildman–Crippen LogP) is 7.03. The molecule has 254 valence electrons. The number of aromatic hydroxyl groups is 1. The highest BCUT2D eigenvalue weighted by atomic mass is 16.7. The number of ether oxygens (including phenoxy) is 7. The van der Waals surface area contributed by atoms with Crippen molar-refractivity contribution >= 4 is 11.0 Å². The van der Waals surface area contributed by atoms with Gasteiger partial charge in [-0.2, -0.15) is 0 Å². The van der Waals surface area contributed by atoms with Gasteiger partial charge in [0.25, 0.3) is 0 Å². The average Bonchev–Trinajstić information content (AvgIpc) is 3.15. The predicted molar refractivity (Wildman–Crippen MR) is 185 cm³/mol. The molecular weight excluding hydrogens is 640 g/mol. The number of rotatable bonds is 12. The quantitative estimate of drug-likeness (QED) is 0.136. The maximum absolute atomic E-state index is 12.5. The molecule has 1 fully saturated rings. The lowest BCUT2D eigenvalue weighted by Crippen LogP contribution is -2.66. The molecule has 0 bridgehead atoms. The van der Waals surface area contributed by atoms with Crippen molar-refractivity contribution in [2.24, 2.45) is 0 Å². The molecule has 0 unspecified atom stereocenters. The van der Waals surface area contributed by atoms with E-state index in [4.69, 9.17) is 37.6 Å². The topological polar surface area (TPSA) is 115 Å². The lowest BCUT2D eigenvalue weighted by atomic mass is 9.97. The number of hydrogen-bond acceptors (Lipinski definition) is 10. The summed E-state index contributed by atoms with van der Waals surface area (Å²) >= 11 is 0. The summed E-state index contributed by atoms with van der Waals surface area (Å²) in [5, 5.41) is 10.9. The van der Waals surface area contributed by atoms with Crippen molar-refractivity contribution in [3.8, 4) is 40.2 Å². The number of methoxy groups -OCH3 is 1. The Morgan fingerprint density at radius 1 is 0.600 bits per heavy atom. The van der Waals surface area contributed by atoms with E-state index < -0.39 is 36.3 Å². The van der Waals surface area contributed by atoms with Crippen molar-refractivity contribution < 1.29 is 42.7 Å². The fourth-order valence-corrected chi connectivity index (χ4v) is 5.71. The molecule has 5 aromatic carbocycles. The first kappa shape index (κ1) is 32.4. The number of benzene rings is 5. The zero-order valence-corrected chi connectivity index (χ0v) is 27.0. The fourth-order valence-electron chi connectivity index (χ4n) is 5.71. The Morgan fingerprint density at radius 3 is 1.68 bits per heavy atom. The van der Waals surface area contributed by atoms with E-state index in [0.717, 1.165) is 0 Å². The van der Waals surface area contributed by atoms with Crippen LogP contribution in [-0.2, 0) is 4.74 Å². The van der Waals surface area contributed by atoms with E-state index in [1.54, 1.807) is 12.1 Å². The smallest absolute Gasteiger partial charge is 0.383 e. The Hall–Kier alpha value is -6.13. The van der Waals surface area contributed by atoms with Crippen LogP contribution in [0.15, 0.2) is 149 Å². The molecule has 2 heterocycles. The van der Waals surface area contributed by atoms with Crippen LogP contribution in [0, 0.1) is 0 Å². The molecule has 5 atom stereocenters. The maximum Gasteiger partial charge on any atom is 0.383 e.